The van der Waals surface area contributed by atoms with Crippen LogP contribution in [0.15, 0.2) is 18.2 Å². The van der Waals surface area contributed by atoms with E-state index in [1.165, 1.54) is 12.1 Å². The minimum absolute atomic E-state index is 0.0619. The number of nitro benzene ring substituents is 1. The number of anilines is 1. The number of amides is 1. The van der Waals surface area contributed by atoms with Gasteiger partial charge < -0.3 is 5.32 Å². The fraction of sp³-hybridized carbons (Fsp3) is 0.100. The predicted molar refractivity (Wildman–Crippen MR) is 70.7 cm³/mol. The van der Waals surface area contributed by atoms with E-state index in [2.05, 4.69) is 15.5 Å². The van der Waals surface area contributed by atoms with Crippen molar-refractivity contribution in [2.75, 3.05) is 5.32 Å². The second kappa shape index (κ2) is 5.29. The number of carbonyl (C=O) groups excluding carboxylic acids is 1. The lowest BCUT2D eigenvalue weighted by atomic mass is 10.1. The maximum Gasteiger partial charge on any atom is 0.286 e. The van der Waals surface area contributed by atoms with Crippen LogP contribution in [0.25, 0.3) is 0 Å². The normalized spacial score (nSPS) is 10.2. The van der Waals surface area contributed by atoms with E-state index in [4.69, 9.17) is 11.6 Å². The molecule has 7 nitrogen and oxygen atoms in total. The van der Waals surface area contributed by atoms with Crippen molar-refractivity contribution in [3.63, 3.8) is 0 Å². The van der Waals surface area contributed by atoms with E-state index in [-0.39, 0.29) is 15.2 Å². The molecule has 1 N–H and O–H groups in total. The van der Waals surface area contributed by atoms with Crippen LogP contribution in [0.3, 0.4) is 0 Å². The van der Waals surface area contributed by atoms with Gasteiger partial charge >= 0.3 is 0 Å². The quantitative estimate of drug-likeness (QED) is 0.694. The SMILES string of the molecule is Cc1c(NC(=O)c2nnc(Cl)s2)cccc1[N+](=O)[O-]. The summed E-state index contributed by atoms with van der Waals surface area (Å²) in [5.41, 5.74) is 0.662. The molecule has 9 heteroatoms. The highest BCUT2D eigenvalue weighted by Gasteiger charge is 2.17. The number of hydrogen-bond acceptors (Lipinski definition) is 6. The van der Waals surface area contributed by atoms with Gasteiger partial charge in [-0.1, -0.05) is 17.4 Å². The molecule has 0 aliphatic heterocycles. The smallest absolute Gasteiger partial charge is 0.286 e. The third kappa shape index (κ3) is 2.85. The van der Waals surface area contributed by atoms with Gasteiger partial charge in [0, 0.05) is 6.07 Å². The monoisotopic (exact) mass is 298 g/mol. The van der Waals surface area contributed by atoms with E-state index in [0.29, 0.717) is 11.3 Å². The molecular weight excluding hydrogens is 292 g/mol. The Morgan fingerprint density at radius 3 is 2.79 bits per heavy atom. The molecular formula is C10H7ClN4O3S. The number of nitro groups is 1. The number of rotatable bonds is 3. The molecule has 0 radical (unpaired) electrons. The second-order valence-electron chi connectivity index (χ2n) is 3.52. The molecule has 2 aromatic rings. The van der Waals surface area contributed by atoms with Gasteiger partial charge in [0.25, 0.3) is 11.6 Å². The maximum atomic E-state index is 11.8. The number of halogens is 1. The fourth-order valence-corrected chi connectivity index (χ4v) is 2.15. The first-order valence-corrected chi connectivity index (χ1v) is 6.23. The summed E-state index contributed by atoms with van der Waals surface area (Å²) in [7, 11) is 0. The third-order valence-electron chi connectivity index (χ3n) is 2.34. The Hall–Kier alpha value is -2.06. The van der Waals surface area contributed by atoms with Crippen LogP contribution < -0.4 is 5.32 Å². The zero-order valence-electron chi connectivity index (χ0n) is 9.58. The van der Waals surface area contributed by atoms with Crippen LogP contribution in [0.2, 0.25) is 4.47 Å². The zero-order valence-corrected chi connectivity index (χ0v) is 11.2. The molecule has 1 aromatic carbocycles. The topological polar surface area (TPSA) is 98.0 Å². The van der Waals surface area contributed by atoms with Gasteiger partial charge in [0.2, 0.25) is 9.47 Å². The van der Waals surface area contributed by atoms with Gasteiger partial charge in [-0.15, -0.1) is 10.2 Å². The van der Waals surface area contributed by atoms with E-state index in [1.54, 1.807) is 13.0 Å². The van der Waals surface area contributed by atoms with Crippen LogP contribution in [0.1, 0.15) is 15.4 Å². The lowest BCUT2D eigenvalue weighted by molar-refractivity contribution is -0.385. The van der Waals surface area contributed by atoms with Crippen LogP contribution in [0.4, 0.5) is 11.4 Å². The molecule has 0 fully saturated rings. The highest BCUT2D eigenvalue weighted by atomic mass is 35.5. The van der Waals surface area contributed by atoms with Crippen molar-refractivity contribution >= 4 is 40.2 Å². The first-order valence-electron chi connectivity index (χ1n) is 5.03. The van der Waals surface area contributed by atoms with Crippen molar-refractivity contribution in [3.05, 3.63) is 43.4 Å². The molecule has 19 heavy (non-hydrogen) atoms. The minimum atomic E-state index is -0.507. The van der Waals surface area contributed by atoms with E-state index >= 15 is 0 Å². The standard InChI is InChI=1S/C10H7ClN4O3S/c1-5-6(3-2-4-7(5)15(17)18)12-8(16)9-13-14-10(11)19-9/h2-4H,1H3,(H,12,16). The third-order valence-corrected chi connectivity index (χ3v) is 3.36. The van der Waals surface area contributed by atoms with Crippen molar-refractivity contribution in [2.45, 2.75) is 6.92 Å². The first kappa shape index (κ1) is 13.4. The summed E-state index contributed by atoms with van der Waals surface area (Å²) >= 11 is 6.51. The lowest BCUT2D eigenvalue weighted by Gasteiger charge is -2.06. The van der Waals surface area contributed by atoms with Crippen molar-refractivity contribution in [3.8, 4) is 0 Å². The van der Waals surface area contributed by atoms with Gasteiger partial charge in [-0.05, 0) is 24.6 Å². The van der Waals surface area contributed by atoms with Crippen LogP contribution >= 0.6 is 22.9 Å². The summed E-state index contributed by atoms with van der Waals surface area (Å²) in [5.74, 6) is -0.506. The molecule has 0 saturated carbocycles. The second-order valence-corrected chi connectivity index (χ2v) is 5.08. The molecule has 0 spiro atoms. The molecule has 98 valence electrons. The molecule has 0 bridgehead atoms. The van der Waals surface area contributed by atoms with Gasteiger partial charge in [-0.2, -0.15) is 0 Å². The molecule has 0 aliphatic carbocycles. The average Bonchev–Trinajstić information content (AvgIpc) is 2.78. The summed E-state index contributed by atoms with van der Waals surface area (Å²) in [6.45, 7) is 1.56. The Labute approximate surface area is 116 Å². The van der Waals surface area contributed by atoms with Gasteiger partial charge in [-0.3, -0.25) is 14.9 Å². The number of carbonyl (C=O) groups is 1. The van der Waals surface area contributed by atoms with Gasteiger partial charge in [0.1, 0.15) is 0 Å². The molecule has 1 aromatic heterocycles. The fourth-order valence-electron chi connectivity index (χ4n) is 1.43. The first-order chi connectivity index (χ1) is 8.99. The van der Waals surface area contributed by atoms with Crippen LogP contribution in [-0.4, -0.2) is 21.0 Å². The van der Waals surface area contributed by atoms with Gasteiger partial charge in [0.15, 0.2) is 0 Å². The summed E-state index contributed by atoms with van der Waals surface area (Å²) in [6.07, 6.45) is 0. The lowest BCUT2D eigenvalue weighted by Crippen LogP contribution is -2.13. The predicted octanol–water partition coefficient (Wildman–Crippen LogP) is 2.66. The number of benzene rings is 1. The number of nitrogens with zero attached hydrogens (tertiary/aromatic N) is 3. The summed E-state index contributed by atoms with van der Waals surface area (Å²) in [5, 5.41) is 20.5. The van der Waals surface area contributed by atoms with Crippen molar-refractivity contribution in [2.24, 2.45) is 0 Å². The van der Waals surface area contributed by atoms with Crippen molar-refractivity contribution in [1.82, 2.24) is 10.2 Å². The Morgan fingerprint density at radius 1 is 1.47 bits per heavy atom. The maximum absolute atomic E-state index is 11.8. The largest absolute Gasteiger partial charge is 0.319 e. The molecule has 0 unspecified atom stereocenters. The zero-order chi connectivity index (χ0) is 14.0. The van der Waals surface area contributed by atoms with Crippen molar-refractivity contribution in [1.29, 1.82) is 0 Å². The Balaban J connectivity index is 2.27. The Bertz CT molecular complexity index is 658. The van der Waals surface area contributed by atoms with Gasteiger partial charge in [-0.25, -0.2) is 0 Å². The Morgan fingerprint density at radius 2 is 2.21 bits per heavy atom. The molecule has 0 atom stereocenters. The molecule has 1 heterocycles. The van der Waals surface area contributed by atoms with E-state index in [0.717, 1.165) is 11.3 Å². The molecule has 1 amide bonds. The van der Waals surface area contributed by atoms with E-state index < -0.39 is 10.8 Å². The van der Waals surface area contributed by atoms with E-state index in [1.807, 2.05) is 0 Å². The molecule has 2 rings (SSSR count). The highest BCUT2D eigenvalue weighted by Crippen LogP contribution is 2.26. The van der Waals surface area contributed by atoms with Crippen LogP contribution in [-0.2, 0) is 0 Å². The number of hydrogen-bond donors (Lipinski definition) is 1. The average molecular weight is 299 g/mol. The van der Waals surface area contributed by atoms with Crippen LogP contribution in [0.5, 0.6) is 0 Å². The number of nitrogens with one attached hydrogen (secondary N) is 1. The molecule has 0 aliphatic rings. The summed E-state index contributed by atoms with van der Waals surface area (Å²) in [6, 6.07) is 4.43. The highest BCUT2D eigenvalue weighted by molar-refractivity contribution is 7.17. The summed E-state index contributed by atoms with van der Waals surface area (Å²) < 4.78 is 0.154. The van der Waals surface area contributed by atoms with Crippen LogP contribution in [0, 0.1) is 17.0 Å². The molecule has 0 saturated heterocycles. The van der Waals surface area contributed by atoms with Crippen molar-refractivity contribution < 1.29 is 9.72 Å². The van der Waals surface area contributed by atoms with E-state index in [9.17, 15) is 14.9 Å². The Kier molecular flexibility index (Phi) is 3.72. The van der Waals surface area contributed by atoms with Gasteiger partial charge in [0.05, 0.1) is 16.2 Å². The minimum Gasteiger partial charge on any atom is -0.319 e. The number of aromatic nitrogens is 2. The summed E-state index contributed by atoms with van der Waals surface area (Å²) in [4.78, 5) is 22.1.